The molecule has 1 N–H and O–H groups in total. The van der Waals surface area contributed by atoms with Crippen molar-refractivity contribution in [1.29, 1.82) is 0 Å². The van der Waals surface area contributed by atoms with Crippen LogP contribution in [0.1, 0.15) is 46.5 Å². The largest absolute Gasteiger partial charge is 0.381 e. The van der Waals surface area contributed by atoms with E-state index in [1.807, 2.05) is 20.8 Å². The van der Waals surface area contributed by atoms with Gasteiger partial charge in [-0.2, -0.15) is 0 Å². The molecule has 80 valence electrons. The molecule has 2 saturated carbocycles. The lowest BCUT2D eigenvalue weighted by Gasteiger charge is -2.33. The fourth-order valence-corrected chi connectivity index (χ4v) is 2.35. The van der Waals surface area contributed by atoms with Crippen LogP contribution < -0.4 is 0 Å². The minimum Gasteiger partial charge on any atom is -0.381 e. The molecule has 0 heterocycles. The molecule has 0 spiro atoms. The van der Waals surface area contributed by atoms with E-state index in [-0.39, 0.29) is 17.6 Å². The summed E-state index contributed by atoms with van der Waals surface area (Å²) in [7, 11) is 0. The number of Topliss-reactive ketones (excluding diaryl/α,β-unsaturated/α-hetero) is 1. The predicted octanol–water partition coefficient (Wildman–Crippen LogP) is 2.15. The standard InChI is InChI=1S/C12H20O2/c1-11(2,3)10(13)12(14,8-4-5-8)9-6-7-9/h8-9,14H,4-7H2,1-3H3. The smallest absolute Gasteiger partial charge is 0.170 e. The number of carbonyl (C=O) groups excluding carboxylic acids is 1. The van der Waals surface area contributed by atoms with E-state index in [4.69, 9.17) is 0 Å². The summed E-state index contributed by atoms with van der Waals surface area (Å²) in [4.78, 5) is 12.2. The lowest BCUT2D eigenvalue weighted by molar-refractivity contribution is -0.150. The highest BCUT2D eigenvalue weighted by Gasteiger charge is 2.59. The molecule has 0 aromatic carbocycles. The van der Waals surface area contributed by atoms with Crippen LogP contribution in [0, 0.1) is 17.3 Å². The summed E-state index contributed by atoms with van der Waals surface area (Å²) in [6, 6.07) is 0. The zero-order chi connectivity index (χ0) is 10.6. The quantitative estimate of drug-likeness (QED) is 0.751. The molecular weight excluding hydrogens is 176 g/mol. The highest BCUT2D eigenvalue weighted by atomic mass is 16.3. The van der Waals surface area contributed by atoms with Crippen LogP contribution in [0.4, 0.5) is 0 Å². The van der Waals surface area contributed by atoms with Gasteiger partial charge in [0.2, 0.25) is 0 Å². The molecular formula is C12H20O2. The molecule has 0 amide bonds. The van der Waals surface area contributed by atoms with Gasteiger partial charge in [0.15, 0.2) is 5.78 Å². The second kappa shape index (κ2) is 2.82. The number of hydrogen-bond acceptors (Lipinski definition) is 2. The third-order valence-electron chi connectivity index (χ3n) is 3.44. The van der Waals surface area contributed by atoms with Gasteiger partial charge in [-0.15, -0.1) is 0 Å². The molecule has 0 aliphatic heterocycles. The summed E-state index contributed by atoms with van der Waals surface area (Å²) in [5, 5.41) is 10.5. The van der Waals surface area contributed by atoms with Crippen LogP contribution in [-0.4, -0.2) is 16.5 Å². The van der Waals surface area contributed by atoms with E-state index in [1.165, 1.54) is 0 Å². The molecule has 0 saturated heterocycles. The lowest BCUT2D eigenvalue weighted by atomic mass is 9.75. The third kappa shape index (κ3) is 1.50. The van der Waals surface area contributed by atoms with Crippen LogP contribution >= 0.6 is 0 Å². The topological polar surface area (TPSA) is 37.3 Å². The summed E-state index contributed by atoms with van der Waals surface area (Å²) in [6.45, 7) is 5.72. The van der Waals surface area contributed by atoms with Gasteiger partial charge in [0, 0.05) is 5.41 Å². The first-order chi connectivity index (χ1) is 6.37. The van der Waals surface area contributed by atoms with Crippen molar-refractivity contribution in [2.45, 2.75) is 52.1 Å². The molecule has 14 heavy (non-hydrogen) atoms. The molecule has 0 aromatic heterocycles. The normalized spacial score (nSPS) is 23.7. The lowest BCUT2D eigenvalue weighted by Crippen LogP contribution is -2.49. The summed E-state index contributed by atoms with van der Waals surface area (Å²) in [5.41, 5.74) is -1.38. The molecule has 2 rings (SSSR count). The van der Waals surface area contributed by atoms with Crippen molar-refractivity contribution in [2.24, 2.45) is 17.3 Å². The molecule has 2 nitrogen and oxygen atoms in total. The second-order valence-corrected chi connectivity index (χ2v) is 5.95. The van der Waals surface area contributed by atoms with E-state index < -0.39 is 11.0 Å². The van der Waals surface area contributed by atoms with Crippen molar-refractivity contribution in [3.05, 3.63) is 0 Å². The number of ketones is 1. The van der Waals surface area contributed by atoms with Crippen LogP contribution in [-0.2, 0) is 4.79 Å². The minimum atomic E-state index is -0.974. The van der Waals surface area contributed by atoms with E-state index >= 15 is 0 Å². The van der Waals surface area contributed by atoms with E-state index in [0.717, 1.165) is 25.7 Å². The van der Waals surface area contributed by atoms with Gasteiger partial charge in [0.25, 0.3) is 0 Å². The Bertz CT molecular complexity index is 242. The number of rotatable bonds is 3. The Morgan fingerprint density at radius 2 is 1.43 bits per heavy atom. The van der Waals surface area contributed by atoms with Crippen molar-refractivity contribution in [3.63, 3.8) is 0 Å². The average molecular weight is 196 g/mol. The summed E-state index contributed by atoms with van der Waals surface area (Å²) >= 11 is 0. The van der Waals surface area contributed by atoms with Crippen molar-refractivity contribution in [2.75, 3.05) is 0 Å². The Labute approximate surface area is 85.7 Å². The molecule has 0 aromatic rings. The number of carbonyl (C=O) groups is 1. The van der Waals surface area contributed by atoms with Gasteiger partial charge in [-0.1, -0.05) is 20.8 Å². The molecule has 0 atom stereocenters. The zero-order valence-corrected chi connectivity index (χ0v) is 9.34. The Balaban J connectivity index is 2.21. The van der Waals surface area contributed by atoms with Crippen LogP contribution in [0.2, 0.25) is 0 Å². The SMILES string of the molecule is CC(C)(C)C(=O)C(O)(C1CC1)C1CC1. The minimum absolute atomic E-state index is 0.0648. The fraction of sp³-hybridized carbons (Fsp3) is 0.917. The Morgan fingerprint density at radius 3 is 1.64 bits per heavy atom. The number of hydrogen-bond donors (Lipinski definition) is 1. The molecule has 0 unspecified atom stereocenters. The maximum Gasteiger partial charge on any atom is 0.170 e. The molecule has 0 bridgehead atoms. The summed E-state index contributed by atoms with van der Waals surface area (Å²) < 4.78 is 0. The van der Waals surface area contributed by atoms with Crippen molar-refractivity contribution in [1.82, 2.24) is 0 Å². The van der Waals surface area contributed by atoms with E-state index in [0.29, 0.717) is 0 Å². The first-order valence-corrected chi connectivity index (χ1v) is 5.64. The van der Waals surface area contributed by atoms with Gasteiger partial charge in [-0.05, 0) is 37.5 Å². The molecule has 2 fully saturated rings. The van der Waals surface area contributed by atoms with Crippen LogP contribution in [0.5, 0.6) is 0 Å². The molecule has 2 aliphatic carbocycles. The zero-order valence-electron chi connectivity index (χ0n) is 9.34. The molecule has 2 heteroatoms. The highest BCUT2D eigenvalue weighted by Crippen LogP contribution is 2.54. The number of aliphatic hydroxyl groups is 1. The maximum atomic E-state index is 12.2. The van der Waals surface area contributed by atoms with Crippen LogP contribution in [0.3, 0.4) is 0 Å². The van der Waals surface area contributed by atoms with Gasteiger partial charge in [0.05, 0.1) is 0 Å². The molecule has 0 radical (unpaired) electrons. The fourth-order valence-electron chi connectivity index (χ4n) is 2.35. The van der Waals surface area contributed by atoms with Gasteiger partial charge in [0.1, 0.15) is 5.60 Å². The monoisotopic (exact) mass is 196 g/mol. The first kappa shape index (κ1) is 10.2. The highest BCUT2D eigenvalue weighted by molar-refractivity contribution is 5.92. The average Bonchev–Trinajstić information content (AvgIpc) is 2.84. The Kier molecular flexibility index (Phi) is 2.04. The molecule has 2 aliphatic rings. The van der Waals surface area contributed by atoms with Gasteiger partial charge in [-0.3, -0.25) is 4.79 Å². The van der Waals surface area contributed by atoms with E-state index in [1.54, 1.807) is 0 Å². The summed E-state index contributed by atoms with van der Waals surface area (Å²) in [6.07, 6.45) is 4.15. The predicted molar refractivity (Wildman–Crippen MR) is 54.9 cm³/mol. The van der Waals surface area contributed by atoms with E-state index in [2.05, 4.69) is 0 Å². The Hall–Kier alpha value is -0.370. The van der Waals surface area contributed by atoms with Crippen molar-refractivity contribution < 1.29 is 9.90 Å². The van der Waals surface area contributed by atoms with Gasteiger partial charge >= 0.3 is 0 Å². The van der Waals surface area contributed by atoms with Gasteiger partial charge in [-0.25, -0.2) is 0 Å². The maximum absolute atomic E-state index is 12.2. The van der Waals surface area contributed by atoms with Crippen LogP contribution in [0.25, 0.3) is 0 Å². The van der Waals surface area contributed by atoms with Crippen LogP contribution in [0.15, 0.2) is 0 Å². The second-order valence-electron chi connectivity index (χ2n) is 5.95. The third-order valence-corrected chi connectivity index (χ3v) is 3.44. The van der Waals surface area contributed by atoms with E-state index in [9.17, 15) is 9.90 Å². The first-order valence-electron chi connectivity index (χ1n) is 5.64. The van der Waals surface area contributed by atoms with Crippen molar-refractivity contribution >= 4 is 5.78 Å². The van der Waals surface area contributed by atoms with Crippen molar-refractivity contribution in [3.8, 4) is 0 Å². The summed E-state index contributed by atoms with van der Waals surface area (Å²) in [5.74, 6) is 0.596. The van der Waals surface area contributed by atoms with Gasteiger partial charge < -0.3 is 5.11 Å². The Morgan fingerprint density at radius 1 is 1.07 bits per heavy atom.